The van der Waals surface area contributed by atoms with Crippen LogP contribution in [0.3, 0.4) is 0 Å². The first-order chi connectivity index (χ1) is 6.99. The highest BCUT2D eigenvalue weighted by Gasteiger charge is 2.21. The molecular formula is C13H20O2. The van der Waals surface area contributed by atoms with Gasteiger partial charge in [-0.25, -0.2) is 9.78 Å². The van der Waals surface area contributed by atoms with Gasteiger partial charge in [-0.05, 0) is 33.3 Å². The highest BCUT2D eigenvalue weighted by Crippen LogP contribution is 2.17. The molecule has 1 aromatic carbocycles. The Kier molecular flexibility index (Phi) is 4.30. The van der Waals surface area contributed by atoms with Crippen molar-refractivity contribution in [2.24, 2.45) is 0 Å². The van der Waals surface area contributed by atoms with E-state index in [9.17, 15) is 0 Å². The first kappa shape index (κ1) is 12.2. The fourth-order valence-electron chi connectivity index (χ4n) is 1.34. The van der Waals surface area contributed by atoms with Crippen LogP contribution in [-0.2, 0) is 16.2 Å². The molecule has 2 heteroatoms. The minimum absolute atomic E-state index is 0.0973. The second-order valence-electron chi connectivity index (χ2n) is 4.65. The Morgan fingerprint density at radius 1 is 1.13 bits per heavy atom. The van der Waals surface area contributed by atoms with Crippen LogP contribution in [0, 0.1) is 0 Å². The molecule has 0 radical (unpaired) electrons. The average Bonchev–Trinajstić information content (AvgIpc) is 2.16. The maximum Gasteiger partial charge on any atom is 0.102 e. The molecular weight excluding hydrogens is 188 g/mol. The standard InChI is InChI=1S/C13H20O2/c1-11(2)14-15-13(3,4)10-12-8-6-5-7-9-12/h5-9,11H,10H2,1-4H3. The molecule has 0 atom stereocenters. The van der Waals surface area contributed by atoms with Crippen molar-refractivity contribution in [3.8, 4) is 0 Å². The minimum atomic E-state index is -0.286. The van der Waals surface area contributed by atoms with Crippen molar-refractivity contribution in [1.29, 1.82) is 0 Å². The lowest BCUT2D eigenvalue weighted by molar-refractivity contribution is -0.371. The molecule has 0 fully saturated rings. The third-order valence-corrected chi connectivity index (χ3v) is 1.94. The summed E-state index contributed by atoms with van der Waals surface area (Å²) < 4.78 is 0. The number of hydrogen-bond donors (Lipinski definition) is 0. The third kappa shape index (κ3) is 4.96. The lowest BCUT2D eigenvalue weighted by atomic mass is 9.99. The first-order valence-corrected chi connectivity index (χ1v) is 5.38. The summed E-state index contributed by atoms with van der Waals surface area (Å²) in [5.41, 5.74) is 0.973. The maximum atomic E-state index is 5.39. The van der Waals surface area contributed by atoms with Crippen LogP contribution in [0.1, 0.15) is 33.3 Å². The summed E-state index contributed by atoms with van der Waals surface area (Å²) in [5.74, 6) is 0. The highest BCUT2D eigenvalue weighted by molar-refractivity contribution is 5.16. The smallest absolute Gasteiger partial charge is 0.102 e. The monoisotopic (exact) mass is 208 g/mol. The summed E-state index contributed by atoms with van der Waals surface area (Å²) in [4.78, 5) is 10.6. The highest BCUT2D eigenvalue weighted by atomic mass is 17.2. The zero-order valence-corrected chi connectivity index (χ0v) is 9.99. The van der Waals surface area contributed by atoms with E-state index in [1.807, 2.05) is 45.9 Å². The molecule has 0 aromatic heterocycles. The van der Waals surface area contributed by atoms with Crippen molar-refractivity contribution in [2.75, 3.05) is 0 Å². The van der Waals surface area contributed by atoms with Gasteiger partial charge in [0.05, 0.1) is 6.10 Å². The molecule has 0 spiro atoms. The van der Waals surface area contributed by atoms with E-state index in [0.29, 0.717) is 0 Å². The topological polar surface area (TPSA) is 18.5 Å². The summed E-state index contributed by atoms with van der Waals surface area (Å²) in [6.07, 6.45) is 0.945. The van der Waals surface area contributed by atoms with Crippen molar-refractivity contribution in [2.45, 2.75) is 45.8 Å². The largest absolute Gasteiger partial charge is 0.233 e. The van der Waals surface area contributed by atoms with Crippen molar-refractivity contribution < 1.29 is 9.78 Å². The fourth-order valence-corrected chi connectivity index (χ4v) is 1.34. The number of hydrogen-bond acceptors (Lipinski definition) is 2. The quantitative estimate of drug-likeness (QED) is 0.545. The van der Waals surface area contributed by atoms with Gasteiger partial charge in [0.2, 0.25) is 0 Å². The van der Waals surface area contributed by atoms with Crippen LogP contribution in [0.2, 0.25) is 0 Å². The molecule has 0 amide bonds. The van der Waals surface area contributed by atoms with Crippen LogP contribution < -0.4 is 0 Å². The predicted octanol–water partition coefficient (Wildman–Crippen LogP) is 3.36. The van der Waals surface area contributed by atoms with Crippen molar-refractivity contribution in [3.05, 3.63) is 35.9 Å². The Morgan fingerprint density at radius 2 is 1.73 bits per heavy atom. The van der Waals surface area contributed by atoms with Crippen LogP contribution in [0.5, 0.6) is 0 Å². The predicted molar refractivity (Wildman–Crippen MR) is 61.5 cm³/mol. The molecule has 2 nitrogen and oxygen atoms in total. The average molecular weight is 208 g/mol. The summed E-state index contributed by atoms with van der Waals surface area (Å²) in [7, 11) is 0. The number of benzene rings is 1. The van der Waals surface area contributed by atoms with Gasteiger partial charge in [-0.15, -0.1) is 0 Å². The van der Waals surface area contributed by atoms with Crippen LogP contribution in [0.25, 0.3) is 0 Å². The van der Waals surface area contributed by atoms with Gasteiger partial charge in [-0.2, -0.15) is 0 Å². The van der Waals surface area contributed by atoms with E-state index >= 15 is 0 Å². The van der Waals surface area contributed by atoms with Gasteiger partial charge in [0.1, 0.15) is 5.60 Å². The van der Waals surface area contributed by atoms with Crippen molar-refractivity contribution in [3.63, 3.8) is 0 Å². The van der Waals surface area contributed by atoms with Crippen LogP contribution in [0.4, 0.5) is 0 Å². The molecule has 0 bridgehead atoms. The van der Waals surface area contributed by atoms with E-state index in [-0.39, 0.29) is 11.7 Å². The van der Waals surface area contributed by atoms with E-state index in [2.05, 4.69) is 12.1 Å². The Labute approximate surface area is 92.1 Å². The molecule has 1 rings (SSSR count). The third-order valence-electron chi connectivity index (χ3n) is 1.94. The van der Waals surface area contributed by atoms with Crippen LogP contribution >= 0.6 is 0 Å². The molecule has 0 aliphatic rings. The molecule has 84 valence electrons. The summed E-state index contributed by atoms with van der Waals surface area (Å²) in [6, 6.07) is 10.3. The van der Waals surface area contributed by atoms with Gasteiger partial charge in [-0.3, -0.25) is 0 Å². The second kappa shape index (κ2) is 5.29. The van der Waals surface area contributed by atoms with Crippen molar-refractivity contribution in [1.82, 2.24) is 0 Å². The number of rotatable bonds is 5. The molecule has 0 heterocycles. The van der Waals surface area contributed by atoms with Gasteiger partial charge in [0.25, 0.3) is 0 Å². The van der Waals surface area contributed by atoms with E-state index in [1.54, 1.807) is 0 Å². The SMILES string of the molecule is CC(C)OOC(C)(C)Cc1ccccc1. The van der Waals surface area contributed by atoms with Gasteiger partial charge < -0.3 is 0 Å². The second-order valence-corrected chi connectivity index (χ2v) is 4.65. The molecule has 0 N–H and O–H groups in total. The lowest BCUT2D eigenvalue weighted by Crippen LogP contribution is -2.28. The molecule has 0 aliphatic carbocycles. The minimum Gasteiger partial charge on any atom is -0.233 e. The van der Waals surface area contributed by atoms with Crippen molar-refractivity contribution >= 4 is 0 Å². The molecule has 0 saturated heterocycles. The molecule has 0 saturated carbocycles. The maximum absolute atomic E-state index is 5.39. The Morgan fingerprint density at radius 3 is 2.27 bits per heavy atom. The van der Waals surface area contributed by atoms with Gasteiger partial charge in [0, 0.05) is 6.42 Å². The van der Waals surface area contributed by atoms with E-state index in [1.165, 1.54) is 5.56 Å². The Balaban J connectivity index is 2.49. The van der Waals surface area contributed by atoms with E-state index in [0.717, 1.165) is 6.42 Å². The summed E-state index contributed by atoms with van der Waals surface area (Å²) in [6.45, 7) is 7.97. The van der Waals surface area contributed by atoms with Gasteiger partial charge >= 0.3 is 0 Å². The lowest BCUT2D eigenvalue weighted by Gasteiger charge is -2.24. The zero-order chi connectivity index (χ0) is 11.3. The molecule has 0 unspecified atom stereocenters. The molecule has 15 heavy (non-hydrogen) atoms. The summed E-state index contributed by atoms with van der Waals surface area (Å²) >= 11 is 0. The Bertz CT molecular complexity index is 278. The molecule has 1 aromatic rings. The van der Waals surface area contributed by atoms with E-state index < -0.39 is 0 Å². The van der Waals surface area contributed by atoms with Crippen LogP contribution in [-0.4, -0.2) is 11.7 Å². The first-order valence-electron chi connectivity index (χ1n) is 5.38. The van der Waals surface area contributed by atoms with E-state index in [4.69, 9.17) is 9.78 Å². The van der Waals surface area contributed by atoms with Crippen LogP contribution in [0.15, 0.2) is 30.3 Å². The normalized spacial score (nSPS) is 12.1. The Hall–Kier alpha value is -0.860. The molecule has 0 aliphatic heterocycles. The summed E-state index contributed by atoms with van der Waals surface area (Å²) in [5, 5.41) is 0. The zero-order valence-electron chi connectivity index (χ0n) is 9.99. The van der Waals surface area contributed by atoms with Gasteiger partial charge in [-0.1, -0.05) is 30.3 Å². The van der Waals surface area contributed by atoms with Gasteiger partial charge in [0.15, 0.2) is 0 Å². The fraction of sp³-hybridized carbons (Fsp3) is 0.538.